The van der Waals surface area contributed by atoms with Crippen LogP contribution in [0.15, 0.2) is 48.5 Å². The zero-order chi connectivity index (χ0) is 15.7. The SMILES string of the molecule is Cc1cccc(-c2ccccc2)c1CC(C)(C)S(N)(=O)=O. The Bertz CT molecular complexity index is 735. The standard InChI is InChI=1S/C17H21NO2S/c1-13-8-7-11-15(14-9-5-4-6-10-14)16(13)12-17(2,3)21(18,19)20/h4-11H,12H2,1-3H3,(H2,18,19,20). The Balaban J connectivity index is 2.55. The quantitative estimate of drug-likeness (QED) is 0.942. The van der Waals surface area contributed by atoms with Crippen LogP contribution in [0, 0.1) is 6.92 Å². The van der Waals surface area contributed by atoms with E-state index in [1.165, 1.54) is 0 Å². The van der Waals surface area contributed by atoms with E-state index in [0.29, 0.717) is 6.42 Å². The first kappa shape index (κ1) is 15.7. The summed E-state index contributed by atoms with van der Waals surface area (Å²) in [5, 5.41) is 5.37. The normalized spacial score (nSPS) is 12.4. The Morgan fingerprint density at radius 2 is 1.62 bits per heavy atom. The smallest absolute Gasteiger partial charge is 0.214 e. The fourth-order valence-electron chi connectivity index (χ4n) is 2.35. The highest BCUT2D eigenvalue weighted by Crippen LogP contribution is 2.31. The highest BCUT2D eigenvalue weighted by Gasteiger charge is 2.32. The maximum Gasteiger partial charge on any atom is 0.214 e. The Hall–Kier alpha value is -1.65. The molecule has 0 saturated heterocycles. The van der Waals surface area contributed by atoms with Crippen molar-refractivity contribution in [1.82, 2.24) is 0 Å². The Morgan fingerprint density at radius 3 is 2.19 bits per heavy atom. The molecule has 0 heterocycles. The molecule has 0 aliphatic rings. The van der Waals surface area contributed by atoms with E-state index in [0.717, 1.165) is 22.3 Å². The van der Waals surface area contributed by atoms with Crippen LogP contribution in [0.1, 0.15) is 25.0 Å². The van der Waals surface area contributed by atoms with Gasteiger partial charge < -0.3 is 0 Å². The summed E-state index contributed by atoms with van der Waals surface area (Å²) in [5.74, 6) is 0. The zero-order valence-corrected chi connectivity index (χ0v) is 13.4. The third-order valence-corrected chi connectivity index (χ3v) is 5.55. The molecule has 0 amide bonds. The van der Waals surface area contributed by atoms with Crippen LogP contribution in [0.25, 0.3) is 11.1 Å². The summed E-state index contributed by atoms with van der Waals surface area (Å²) in [7, 11) is -3.62. The zero-order valence-electron chi connectivity index (χ0n) is 12.6. The van der Waals surface area contributed by atoms with Crippen molar-refractivity contribution >= 4 is 10.0 Å². The van der Waals surface area contributed by atoms with Gasteiger partial charge in [-0.05, 0) is 49.4 Å². The number of hydrogen-bond acceptors (Lipinski definition) is 2. The van der Waals surface area contributed by atoms with Gasteiger partial charge in [0.25, 0.3) is 0 Å². The third-order valence-electron chi connectivity index (χ3n) is 3.87. The number of nitrogens with two attached hydrogens (primary N) is 1. The van der Waals surface area contributed by atoms with E-state index in [9.17, 15) is 8.42 Å². The first-order valence-corrected chi connectivity index (χ1v) is 8.43. The average molecular weight is 303 g/mol. The topological polar surface area (TPSA) is 60.2 Å². The monoisotopic (exact) mass is 303 g/mol. The minimum absolute atomic E-state index is 0.392. The van der Waals surface area contributed by atoms with Crippen LogP contribution >= 0.6 is 0 Å². The molecular weight excluding hydrogens is 282 g/mol. The van der Waals surface area contributed by atoms with Crippen LogP contribution in [-0.4, -0.2) is 13.2 Å². The summed E-state index contributed by atoms with van der Waals surface area (Å²) in [4.78, 5) is 0. The van der Waals surface area contributed by atoms with E-state index < -0.39 is 14.8 Å². The van der Waals surface area contributed by atoms with Gasteiger partial charge >= 0.3 is 0 Å². The van der Waals surface area contributed by atoms with Crippen molar-refractivity contribution in [3.8, 4) is 11.1 Å². The first-order valence-electron chi connectivity index (χ1n) is 6.88. The minimum Gasteiger partial charge on any atom is -0.228 e. The Kier molecular flexibility index (Phi) is 4.21. The van der Waals surface area contributed by atoms with Crippen molar-refractivity contribution in [3.63, 3.8) is 0 Å². The minimum atomic E-state index is -3.62. The Labute approximate surface area is 126 Å². The molecule has 0 atom stereocenters. The van der Waals surface area contributed by atoms with Crippen molar-refractivity contribution in [2.24, 2.45) is 5.14 Å². The molecule has 0 bridgehead atoms. The average Bonchev–Trinajstić information content (AvgIpc) is 2.40. The molecular formula is C17H21NO2S. The lowest BCUT2D eigenvalue weighted by Crippen LogP contribution is -2.39. The maximum absolute atomic E-state index is 11.8. The van der Waals surface area contributed by atoms with Crippen molar-refractivity contribution < 1.29 is 8.42 Å². The molecule has 0 radical (unpaired) electrons. The molecule has 21 heavy (non-hydrogen) atoms. The van der Waals surface area contributed by atoms with Crippen molar-refractivity contribution in [2.75, 3.05) is 0 Å². The van der Waals surface area contributed by atoms with Crippen LogP contribution in [0.2, 0.25) is 0 Å². The molecule has 4 heteroatoms. The van der Waals surface area contributed by atoms with E-state index in [4.69, 9.17) is 5.14 Å². The van der Waals surface area contributed by atoms with Gasteiger partial charge in [0, 0.05) is 0 Å². The number of hydrogen-bond donors (Lipinski definition) is 1. The molecule has 0 saturated carbocycles. The predicted octanol–water partition coefficient (Wildman–Crippen LogP) is 3.27. The van der Waals surface area contributed by atoms with Gasteiger partial charge in [-0.3, -0.25) is 0 Å². The second-order valence-corrected chi connectivity index (χ2v) is 8.14. The largest absolute Gasteiger partial charge is 0.228 e. The molecule has 2 rings (SSSR count). The third kappa shape index (κ3) is 3.34. The lowest BCUT2D eigenvalue weighted by Gasteiger charge is -2.24. The molecule has 0 aromatic heterocycles. The van der Waals surface area contributed by atoms with Gasteiger partial charge in [-0.2, -0.15) is 0 Å². The molecule has 0 aliphatic heterocycles. The van der Waals surface area contributed by atoms with E-state index in [-0.39, 0.29) is 0 Å². The van der Waals surface area contributed by atoms with E-state index in [1.807, 2.05) is 55.5 Å². The first-order chi connectivity index (χ1) is 9.72. The van der Waals surface area contributed by atoms with Crippen molar-refractivity contribution in [3.05, 3.63) is 59.7 Å². The van der Waals surface area contributed by atoms with E-state index >= 15 is 0 Å². The van der Waals surface area contributed by atoms with Gasteiger partial charge in [0.05, 0.1) is 4.75 Å². The summed E-state index contributed by atoms with van der Waals surface area (Å²) < 4.78 is 22.6. The Morgan fingerprint density at radius 1 is 1.00 bits per heavy atom. The highest BCUT2D eigenvalue weighted by atomic mass is 32.2. The van der Waals surface area contributed by atoms with E-state index in [2.05, 4.69) is 0 Å². The van der Waals surface area contributed by atoms with Gasteiger partial charge in [0.2, 0.25) is 10.0 Å². The summed E-state index contributed by atoms with van der Waals surface area (Å²) in [6, 6.07) is 16.0. The van der Waals surface area contributed by atoms with Gasteiger partial charge in [0.15, 0.2) is 0 Å². The fraction of sp³-hybridized carbons (Fsp3) is 0.294. The summed E-state index contributed by atoms with van der Waals surface area (Å²) in [6.45, 7) is 5.34. The van der Waals surface area contributed by atoms with Gasteiger partial charge in [0.1, 0.15) is 0 Å². The second kappa shape index (κ2) is 5.62. The summed E-state index contributed by atoms with van der Waals surface area (Å²) >= 11 is 0. The molecule has 0 unspecified atom stereocenters. The van der Waals surface area contributed by atoms with Crippen LogP contribution in [-0.2, 0) is 16.4 Å². The number of benzene rings is 2. The lowest BCUT2D eigenvalue weighted by atomic mass is 9.90. The van der Waals surface area contributed by atoms with Gasteiger partial charge in [-0.1, -0.05) is 48.5 Å². The number of primary sulfonamides is 1. The molecule has 2 N–H and O–H groups in total. The predicted molar refractivity (Wildman–Crippen MR) is 87.5 cm³/mol. The number of aryl methyl sites for hydroxylation is 1. The summed E-state index contributed by atoms with van der Waals surface area (Å²) in [5.41, 5.74) is 4.25. The van der Waals surface area contributed by atoms with Crippen molar-refractivity contribution in [2.45, 2.75) is 31.9 Å². The maximum atomic E-state index is 11.8. The van der Waals surface area contributed by atoms with E-state index in [1.54, 1.807) is 13.8 Å². The molecule has 2 aromatic carbocycles. The van der Waals surface area contributed by atoms with Crippen LogP contribution in [0.5, 0.6) is 0 Å². The van der Waals surface area contributed by atoms with Crippen LogP contribution < -0.4 is 5.14 Å². The molecule has 0 spiro atoms. The fourth-order valence-corrected chi connectivity index (χ4v) is 2.70. The van der Waals surface area contributed by atoms with Gasteiger partial charge in [-0.15, -0.1) is 0 Å². The van der Waals surface area contributed by atoms with Crippen LogP contribution in [0.3, 0.4) is 0 Å². The molecule has 0 fully saturated rings. The number of rotatable bonds is 4. The second-order valence-electron chi connectivity index (χ2n) is 5.95. The van der Waals surface area contributed by atoms with Crippen LogP contribution in [0.4, 0.5) is 0 Å². The van der Waals surface area contributed by atoms with Crippen molar-refractivity contribution in [1.29, 1.82) is 0 Å². The highest BCUT2D eigenvalue weighted by molar-refractivity contribution is 7.90. The molecule has 3 nitrogen and oxygen atoms in total. The molecule has 2 aromatic rings. The molecule has 112 valence electrons. The summed E-state index contributed by atoms with van der Waals surface area (Å²) in [6.07, 6.45) is 0.392. The lowest BCUT2D eigenvalue weighted by molar-refractivity contribution is 0.545. The van der Waals surface area contributed by atoms with Gasteiger partial charge in [-0.25, -0.2) is 13.6 Å². The number of sulfonamides is 1. The molecule has 0 aliphatic carbocycles.